The number of nitrogens with zero attached hydrogens (tertiary/aromatic N) is 1. The number of fused-ring (bicyclic) bond motifs is 1. The Balaban J connectivity index is 1.45. The Hall–Kier alpha value is -2.94. The molecule has 3 N–H and O–H groups in total. The molecule has 3 heterocycles. The van der Waals surface area contributed by atoms with Gasteiger partial charge in [0.15, 0.2) is 0 Å². The van der Waals surface area contributed by atoms with Crippen molar-refractivity contribution in [2.24, 2.45) is 11.8 Å². The van der Waals surface area contributed by atoms with Crippen LogP contribution >= 0.6 is 11.6 Å². The highest BCUT2D eigenvalue weighted by Crippen LogP contribution is 2.63. The molecule has 0 radical (unpaired) electrons. The third kappa shape index (κ3) is 4.41. The molecule has 5 rings (SSSR count). The highest BCUT2D eigenvalue weighted by atomic mass is 35.5. The van der Waals surface area contributed by atoms with Gasteiger partial charge in [0.1, 0.15) is 11.6 Å². The number of likely N-dealkylation sites (tertiary alicyclic amines) is 1. The molecule has 3 amide bonds. The van der Waals surface area contributed by atoms with Gasteiger partial charge in [0, 0.05) is 19.7 Å². The van der Waals surface area contributed by atoms with Gasteiger partial charge in [0.05, 0.1) is 28.1 Å². The van der Waals surface area contributed by atoms with Crippen LogP contribution in [0.25, 0.3) is 0 Å². The van der Waals surface area contributed by atoms with Crippen molar-refractivity contribution in [2.45, 2.75) is 56.4 Å². The number of hydrogen-bond donors (Lipinski definition) is 3. The molecule has 8 nitrogen and oxygen atoms in total. The average molecular weight is 526 g/mol. The van der Waals surface area contributed by atoms with E-state index in [1.165, 1.54) is 0 Å². The van der Waals surface area contributed by atoms with Crippen molar-refractivity contribution in [1.29, 1.82) is 0 Å². The van der Waals surface area contributed by atoms with Gasteiger partial charge in [-0.2, -0.15) is 0 Å². The van der Waals surface area contributed by atoms with Crippen molar-refractivity contribution in [2.75, 3.05) is 18.5 Å². The third-order valence-corrected chi connectivity index (χ3v) is 8.39. The molecule has 5 atom stereocenters. The molecule has 1 spiro atoms. The summed E-state index contributed by atoms with van der Waals surface area (Å²) in [6, 6.07) is 15.6. The van der Waals surface area contributed by atoms with E-state index in [-0.39, 0.29) is 30.9 Å². The van der Waals surface area contributed by atoms with Crippen LogP contribution in [0.5, 0.6) is 0 Å². The second-order valence-electron chi connectivity index (χ2n) is 10.4. The minimum atomic E-state index is -1.11. The van der Waals surface area contributed by atoms with Crippen LogP contribution in [0.1, 0.15) is 38.2 Å². The maximum absolute atomic E-state index is 13.9. The first-order valence-electron chi connectivity index (χ1n) is 12.8. The van der Waals surface area contributed by atoms with Gasteiger partial charge in [-0.05, 0) is 50.3 Å². The van der Waals surface area contributed by atoms with E-state index < -0.39 is 29.1 Å². The molecule has 196 valence electrons. The van der Waals surface area contributed by atoms with Crippen molar-refractivity contribution < 1.29 is 24.2 Å². The van der Waals surface area contributed by atoms with Crippen LogP contribution in [0.2, 0.25) is 5.02 Å². The van der Waals surface area contributed by atoms with Gasteiger partial charge in [0.25, 0.3) is 0 Å². The number of unbranched alkanes of at least 4 members (excludes halogenated alkanes) is 1. The molecule has 3 aliphatic heterocycles. The summed E-state index contributed by atoms with van der Waals surface area (Å²) in [6.45, 7) is 2.50. The van der Waals surface area contributed by atoms with Crippen LogP contribution in [-0.4, -0.2) is 58.1 Å². The van der Waals surface area contributed by atoms with Crippen molar-refractivity contribution in [3.63, 3.8) is 0 Å². The summed E-state index contributed by atoms with van der Waals surface area (Å²) >= 11 is 6.30. The highest BCUT2D eigenvalue weighted by Gasteiger charge is 2.77. The fraction of sp³-hybridized carbons (Fsp3) is 0.464. The van der Waals surface area contributed by atoms with Crippen molar-refractivity contribution in [1.82, 2.24) is 10.2 Å². The van der Waals surface area contributed by atoms with Crippen LogP contribution < -0.4 is 10.6 Å². The lowest BCUT2D eigenvalue weighted by atomic mass is 9.66. The number of aliphatic hydroxyl groups is 1. The van der Waals surface area contributed by atoms with Gasteiger partial charge in [-0.15, -0.1) is 0 Å². The summed E-state index contributed by atoms with van der Waals surface area (Å²) in [5.41, 5.74) is -0.542. The minimum Gasteiger partial charge on any atom is -0.396 e. The number of aliphatic hydroxyl groups excluding tert-OH is 1. The van der Waals surface area contributed by atoms with E-state index in [1.807, 2.05) is 37.3 Å². The number of amides is 3. The molecule has 2 aromatic carbocycles. The summed E-state index contributed by atoms with van der Waals surface area (Å²) in [6.07, 6.45) is 2.10. The van der Waals surface area contributed by atoms with E-state index in [0.29, 0.717) is 42.9 Å². The zero-order valence-corrected chi connectivity index (χ0v) is 21.5. The second-order valence-corrected chi connectivity index (χ2v) is 10.8. The summed E-state index contributed by atoms with van der Waals surface area (Å²) < 4.78 is 6.60. The van der Waals surface area contributed by atoms with Crippen molar-refractivity contribution >= 4 is 35.0 Å². The number of ether oxygens (including phenoxy) is 1. The molecule has 0 aliphatic carbocycles. The first-order valence-corrected chi connectivity index (χ1v) is 13.2. The van der Waals surface area contributed by atoms with Crippen LogP contribution in [0.15, 0.2) is 54.6 Å². The number of hydrogen-bond acceptors (Lipinski definition) is 5. The quantitative estimate of drug-likeness (QED) is 0.436. The van der Waals surface area contributed by atoms with Crippen LogP contribution in [-0.2, 0) is 25.7 Å². The van der Waals surface area contributed by atoms with Gasteiger partial charge in [-0.3, -0.25) is 14.4 Å². The molecule has 3 fully saturated rings. The molecule has 2 aromatic rings. The Morgan fingerprint density at radius 3 is 2.54 bits per heavy atom. The van der Waals surface area contributed by atoms with Crippen molar-refractivity contribution in [3.05, 3.63) is 65.2 Å². The number of anilines is 1. The van der Waals surface area contributed by atoms with Crippen LogP contribution in [0.3, 0.4) is 0 Å². The van der Waals surface area contributed by atoms with Gasteiger partial charge in [-0.25, -0.2) is 0 Å². The van der Waals surface area contributed by atoms with E-state index in [2.05, 4.69) is 10.6 Å². The Morgan fingerprint density at radius 2 is 1.81 bits per heavy atom. The first-order chi connectivity index (χ1) is 17.8. The number of carbonyl (C=O) groups excluding carboxylic acids is 3. The monoisotopic (exact) mass is 525 g/mol. The Morgan fingerprint density at radius 1 is 1.08 bits per heavy atom. The normalized spacial score (nSPS) is 29.9. The van der Waals surface area contributed by atoms with Gasteiger partial charge >= 0.3 is 0 Å². The largest absolute Gasteiger partial charge is 0.396 e. The number of rotatable bonds is 9. The fourth-order valence-corrected chi connectivity index (χ4v) is 6.60. The number of nitrogens with one attached hydrogen (secondary N) is 2. The first kappa shape index (κ1) is 25.7. The Bertz CT molecular complexity index is 1190. The smallest absolute Gasteiger partial charge is 0.250 e. The maximum Gasteiger partial charge on any atom is 0.250 e. The van der Waals surface area contributed by atoms with E-state index in [0.717, 1.165) is 5.56 Å². The zero-order valence-electron chi connectivity index (χ0n) is 20.8. The van der Waals surface area contributed by atoms with Crippen LogP contribution in [0, 0.1) is 11.8 Å². The summed E-state index contributed by atoms with van der Waals surface area (Å²) in [5.74, 6) is -2.36. The molecule has 2 unspecified atom stereocenters. The molecule has 9 heteroatoms. The van der Waals surface area contributed by atoms with E-state index in [9.17, 15) is 19.5 Å². The van der Waals surface area contributed by atoms with Gasteiger partial charge in [-0.1, -0.05) is 54.1 Å². The Labute approximate surface area is 221 Å². The van der Waals surface area contributed by atoms with E-state index in [1.54, 1.807) is 29.2 Å². The molecule has 0 aromatic heterocycles. The molecule has 37 heavy (non-hydrogen) atoms. The maximum atomic E-state index is 13.9. The minimum absolute atomic E-state index is 0.00776. The van der Waals surface area contributed by atoms with Gasteiger partial charge in [0.2, 0.25) is 17.7 Å². The number of para-hydroxylation sites is 1. The second kappa shape index (κ2) is 10.1. The lowest BCUT2D eigenvalue weighted by molar-refractivity contribution is -0.144. The van der Waals surface area contributed by atoms with E-state index >= 15 is 0 Å². The number of carbonyl (C=O) groups is 3. The third-order valence-electron chi connectivity index (χ3n) is 8.06. The molecule has 0 saturated carbocycles. The number of benzene rings is 2. The SMILES string of the molecule is C[C@@]12CCC3(O1)C(C(=O)Nc1ccccc1Cl)N(CCCCO)C(=O)[C@@H]3[C@@H]2C(=O)NCc1ccccc1. The summed E-state index contributed by atoms with van der Waals surface area (Å²) in [7, 11) is 0. The van der Waals surface area contributed by atoms with Crippen LogP contribution in [0.4, 0.5) is 5.69 Å². The fourth-order valence-electron chi connectivity index (χ4n) is 6.42. The molecule has 3 saturated heterocycles. The number of halogens is 1. The van der Waals surface area contributed by atoms with Gasteiger partial charge < -0.3 is 25.4 Å². The predicted molar refractivity (Wildman–Crippen MR) is 139 cm³/mol. The lowest BCUT2D eigenvalue weighted by Gasteiger charge is -2.33. The molecular weight excluding hydrogens is 494 g/mol. The Kier molecular flexibility index (Phi) is 7.00. The highest BCUT2D eigenvalue weighted by molar-refractivity contribution is 6.33. The summed E-state index contributed by atoms with van der Waals surface area (Å²) in [4.78, 5) is 42.8. The topological polar surface area (TPSA) is 108 Å². The molecule has 2 bridgehead atoms. The summed E-state index contributed by atoms with van der Waals surface area (Å²) in [5, 5.41) is 15.6. The standard InChI is InChI=1S/C28H32ClN3O5/c1-27-13-14-28(37-27)22(21(27)24(34)30-17-18-9-3-2-4-10-18)26(36)32(15-7-8-16-33)23(28)25(35)31-20-12-6-5-11-19(20)29/h2-6,9-12,21-23,33H,7-8,13-17H2,1H3,(H,30,34)(H,31,35)/t21-,22+,23?,27+,28?/m1/s1. The zero-order chi connectivity index (χ0) is 26.2. The average Bonchev–Trinajstić information content (AvgIpc) is 3.45. The molecule has 3 aliphatic rings. The predicted octanol–water partition coefficient (Wildman–Crippen LogP) is 3.13. The molecular formula is C28H32ClN3O5. The van der Waals surface area contributed by atoms with E-state index in [4.69, 9.17) is 16.3 Å². The lowest BCUT2D eigenvalue weighted by Crippen LogP contribution is -2.53. The van der Waals surface area contributed by atoms with Crippen molar-refractivity contribution in [3.8, 4) is 0 Å².